The van der Waals surface area contributed by atoms with Gasteiger partial charge in [0.25, 0.3) is 0 Å². The van der Waals surface area contributed by atoms with E-state index >= 15 is 0 Å². The molecule has 0 aliphatic heterocycles. The van der Waals surface area contributed by atoms with E-state index < -0.39 is 0 Å². The molecule has 1 aromatic rings. The fourth-order valence-corrected chi connectivity index (χ4v) is 0.865. The van der Waals surface area contributed by atoms with E-state index in [1.807, 2.05) is 13.8 Å². The molecule has 0 saturated heterocycles. The molecule has 0 aromatic carbocycles. The number of aromatic nitrogens is 2. The van der Waals surface area contributed by atoms with Crippen LogP contribution in [0.3, 0.4) is 0 Å². The zero-order valence-corrected chi connectivity index (χ0v) is 7.72. The van der Waals surface area contributed by atoms with Gasteiger partial charge in [0, 0.05) is 25.5 Å². The van der Waals surface area contributed by atoms with Gasteiger partial charge in [-0.3, -0.25) is 0 Å². The highest BCUT2D eigenvalue weighted by molar-refractivity contribution is 5.06. The molecule has 12 heavy (non-hydrogen) atoms. The Labute approximate surface area is 72.1 Å². The van der Waals surface area contributed by atoms with E-state index in [4.69, 9.17) is 10.5 Å². The van der Waals surface area contributed by atoms with Crippen LogP contribution in [0.5, 0.6) is 0 Å². The second-order valence-corrected chi connectivity index (χ2v) is 3.18. The van der Waals surface area contributed by atoms with Gasteiger partial charge in [-0.15, -0.1) is 0 Å². The first-order chi connectivity index (χ1) is 5.60. The van der Waals surface area contributed by atoms with Gasteiger partial charge in [0.1, 0.15) is 11.4 Å². The zero-order chi connectivity index (χ0) is 9.19. The first-order valence-corrected chi connectivity index (χ1v) is 3.89. The SMILES string of the molecule is COC(C)(C)c1ncc(CN)[nH]1. The second-order valence-electron chi connectivity index (χ2n) is 3.18. The number of imidazole rings is 1. The molecule has 0 spiro atoms. The van der Waals surface area contributed by atoms with Crippen molar-refractivity contribution in [1.82, 2.24) is 9.97 Å². The Balaban J connectivity index is 2.88. The zero-order valence-electron chi connectivity index (χ0n) is 7.72. The fraction of sp³-hybridized carbons (Fsp3) is 0.625. The lowest BCUT2D eigenvalue weighted by atomic mass is 10.1. The third-order valence-electron chi connectivity index (χ3n) is 1.93. The third-order valence-corrected chi connectivity index (χ3v) is 1.93. The molecule has 0 aliphatic carbocycles. The topological polar surface area (TPSA) is 63.9 Å². The maximum Gasteiger partial charge on any atom is 0.138 e. The Morgan fingerprint density at radius 1 is 1.67 bits per heavy atom. The smallest absolute Gasteiger partial charge is 0.138 e. The lowest BCUT2D eigenvalue weighted by molar-refractivity contribution is 0.0121. The second kappa shape index (κ2) is 3.25. The summed E-state index contributed by atoms with van der Waals surface area (Å²) < 4.78 is 5.25. The van der Waals surface area contributed by atoms with Crippen LogP contribution in [-0.2, 0) is 16.9 Å². The summed E-state index contributed by atoms with van der Waals surface area (Å²) in [5.74, 6) is 0.811. The van der Waals surface area contributed by atoms with Crippen LogP contribution in [0.25, 0.3) is 0 Å². The minimum atomic E-state index is -0.368. The summed E-state index contributed by atoms with van der Waals surface area (Å²) in [6.07, 6.45) is 1.73. The van der Waals surface area contributed by atoms with Crippen LogP contribution >= 0.6 is 0 Å². The van der Waals surface area contributed by atoms with Gasteiger partial charge in [0.05, 0.1) is 0 Å². The molecule has 4 heteroatoms. The van der Waals surface area contributed by atoms with Gasteiger partial charge in [-0.1, -0.05) is 0 Å². The highest BCUT2D eigenvalue weighted by Crippen LogP contribution is 2.19. The van der Waals surface area contributed by atoms with Crippen LogP contribution in [0, 0.1) is 0 Å². The summed E-state index contributed by atoms with van der Waals surface area (Å²) in [5, 5.41) is 0. The molecular formula is C8H15N3O. The monoisotopic (exact) mass is 169 g/mol. The van der Waals surface area contributed by atoms with Crippen molar-refractivity contribution < 1.29 is 4.74 Å². The predicted molar refractivity (Wildman–Crippen MR) is 46.5 cm³/mol. The molecule has 4 nitrogen and oxygen atoms in total. The molecule has 0 amide bonds. The summed E-state index contributed by atoms with van der Waals surface area (Å²) in [5.41, 5.74) is 5.99. The van der Waals surface area contributed by atoms with E-state index in [1.165, 1.54) is 0 Å². The number of H-pyrrole nitrogens is 1. The highest BCUT2D eigenvalue weighted by Gasteiger charge is 2.22. The molecule has 0 fully saturated rings. The van der Waals surface area contributed by atoms with Crippen LogP contribution in [-0.4, -0.2) is 17.1 Å². The van der Waals surface area contributed by atoms with Gasteiger partial charge in [-0.2, -0.15) is 0 Å². The molecule has 1 aromatic heterocycles. The van der Waals surface area contributed by atoms with Crippen molar-refractivity contribution in [2.45, 2.75) is 26.0 Å². The summed E-state index contributed by atoms with van der Waals surface area (Å²) >= 11 is 0. The van der Waals surface area contributed by atoms with Gasteiger partial charge in [0.15, 0.2) is 0 Å². The largest absolute Gasteiger partial charge is 0.371 e. The maximum atomic E-state index is 5.44. The van der Waals surface area contributed by atoms with E-state index in [9.17, 15) is 0 Å². The van der Waals surface area contributed by atoms with E-state index in [-0.39, 0.29) is 5.60 Å². The van der Waals surface area contributed by atoms with Gasteiger partial charge < -0.3 is 15.5 Å². The molecule has 0 saturated carbocycles. The number of hydrogen-bond acceptors (Lipinski definition) is 3. The molecule has 0 atom stereocenters. The normalized spacial score (nSPS) is 12.0. The van der Waals surface area contributed by atoms with Crippen molar-refractivity contribution in [1.29, 1.82) is 0 Å². The van der Waals surface area contributed by atoms with Crippen LogP contribution < -0.4 is 5.73 Å². The van der Waals surface area contributed by atoms with E-state index in [0.717, 1.165) is 11.5 Å². The fourth-order valence-electron chi connectivity index (χ4n) is 0.865. The summed E-state index contributed by atoms with van der Waals surface area (Å²) in [7, 11) is 1.66. The van der Waals surface area contributed by atoms with E-state index in [0.29, 0.717) is 6.54 Å². The van der Waals surface area contributed by atoms with Crippen molar-refractivity contribution in [2.75, 3.05) is 7.11 Å². The Morgan fingerprint density at radius 3 is 2.75 bits per heavy atom. The Bertz CT molecular complexity index is 255. The molecule has 3 N–H and O–H groups in total. The quantitative estimate of drug-likeness (QED) is 0.701. The van der Waals surface area contributed by atoms with Crippen molar-refractivity contribution in [3.63, 3.8) is 0 Å². The van der Waals surface area contributed by atoms with E-state index in [1.54, 1.807) is 13.3 Å². The lowest BCUT2D eigenvalue weighted by Crippen LogP contribution is -2.21. The number of hydrogen-bond donors (Lipinski definition) is 2. The van der Waals surface area contributed by atoms with Crippen LogP contribution in [0.4, 0.5) is 0 Å². The number of nitrogens with one attached hydrogen (secondary N) is 1. The third kappa shape index (κ3) is 1.65. The average Bonchev–Trinajstić information content (AvgIpc) is 2.52. The number of methoxy groups -OCH3 is 1. The number of ether oxygens (including phenoxy) is 1. The van der Waals surface area contributed by atoms with Crippen molar-refractivity contribution in [2.24, 2.45) is 5.73 Å². The maximum absolute atomic E-state index is 5.44. The van der Waals surface area contributed by atoms with Crippen LogP contribution in [0.1, 0.15) is 25.4 Å². The first kappa shape index (κ1) is 9.22. The number of aromatic amines is 1. The first-order valence-electron chi connectivity index (χ1n) is 3.89. The standard InChI is InChI=1S/C8H15N3O/c1-8(2,12-3)7-10-5-6(4-9)11-7/h5H,4,9H2,1-3H3,(H,10,11). The number of nitrogens with two attached hydrogens (primary N) is 1. The molecule has 0 radical (unpaired) electrons. The average molecular weight is 169 g/mol. The van der Waals surface area contributed by atoms with Gasteiger partial charge in [-0.25, -0.2) is 4.98 Å². The van der Waals surface area contributed by atoms with Crippen LogP contribution in [0.2, 0.25) is 0 Å². The Morgan fingerprint density at radius 2 is 2.33 bits per heavy atom. The van der Waals surface area contributed by atoms with Crippen molar-refractivity contribution in [3.05, 3.63) is 17.7 Å². The summed E-state index contributed by atoms with van der Waals surface area (Å²) in [6.45, 7) is 4.38. The molecule has 1 heterocycles. The molecule has 0 unspecified atom stereocenters. The minimum Gasteiger partial charge on any atom is -0.371 e. The molecule has 0 aliphatic rings. The summed E-state index contributed by atoms with van der Waals surface area (Å²) in [6, 6.07) is 0. The number of rotatable bonds is 3. The lowest BCUT2D eigenvalue weighted by Gasteiger charge is -2.19. The van der Waals surface area contributed by atoms with Crippen molar-refractivity contribution >= 4 is 0 Å². The molecule has 1 rings (SSSR count). The summed E-state index contributed by atoms with van der Waals surface area (Å²) in [4.78, 5) is 7.26. The Kier molecular flexibility index (Phi) is 2.49. The van der Waals surface area contributed by atoms with Crippen LogP contribution in [0.15, 0.2) is 6.20 Å². The van der Waals surface area contributed by atoms with Gasteiger partial charge in [-0.05, 0) is 13.8 Å². The Hall–Kier alpha value is -0.870. The minimum absolute atomic E-state index is 0.368. The van der Waals surface area contributed by atoms with Gasteiger partial charge in [0.2, 0.25) is 0 Å². The van der Waals surface area contributed by atoms with Crippen molar-refractivity contribution in [3.8, 4) is 0 Å². The molecule has 68 valence electrons. The number of nitrogens with zero attached hydrogens (tertiary/aromatic N) is 1. The van der Waals surface area contributed by atoms with E-state index in [2.05, 4.69) is 9.97 Å². The predicted octanol–water partition coefficient (Wildman–Crippen LogP) is 0.750. The molecule has 0 bridgehead atoms. The molecular weight excluding hydrogens is 154 g/mol. The van der Waals surface area contributed by atoms with Gasteiger partial charge >= 0.3 is 0 Å². The highest BCUT2D eigenvalue weighted by atomic mass is 16.5.